The number of nitrogens with zero attached hydrogens (tertiary/aromatic N) is 3. The second-order valence-corrected chi connectivity index (χ2v) is 7.53. The van der Waals surface area contributed by atoms with Gasteiger partial charge in [0.2, 0.25) is 0 Å². The summed E-state index contributed by atoms with van der Waals surface area (Å²) >= 11 is 3.46. The zero-order valence-electron chi connectivity index (χ0n) is 18.3. The van der Waals surface area contributed by atoms with E-state index in [9.17, 15) is 4.79 Å². The predicted octanol–water partition coefficient (Wildman–Crippen LogP) is 4.27. The van der Waals surface area contributed by atoms with E-state index in [1.165, 1.54) is 7.11 Å². The Bertz CT molecular complexity index is 1060. The fourth-order valence-corrected chi connectivity index (χ4v) is 3.74. The highest BCUT2D eigenvalue weighted by Crippen LogP contribution is 2.36. The number of halogens is 1. The lowest BCUT2D eigenvalue weighted by molar-refractivity contribution is -0.131. The van der Waals surface area contributed by atoms with Crippen molar-refractivity contribution < 1.29 is 19.0 Å². The summed E-state index contributed by atoms with van der Waals surface area (Å²) in [6.07, 6.45) is 3.34. The Balaban J connectivity index is 1.79. The third-order valence-corrected chi connectivity index (χ3v) is 5.64. The molecule has 0 saturated heterocycles. The first-order valence-electron chi connectivity index (χ1n) is 9.93. The number of rotatable bonds is 9. The number of methoxy groups -OCH3 is 3. The maximum atomic E-state index is 12.8. The van der Waals surface area contributed by atoms with Gasteiger partial charge in [-0.15, -0.1) is 0 Å². The van der Waals surface area contributed by atoms with E-state index in [1.807, 2.05) is 55.6 Å². The minimum absolute atomic E-state index is 0.374. The lowest BCUT2D eigenvalue weighted by atomic mass is 10.1. The Hall–Kier alpha value is -3.17. The molecule has 0 aliphatic heterocycles. The Morgan fingerprint density at radius 1 is 1.16 bits per heavy atom. The molecule has 0 fully saturated rings. The maximum absolute atomic E-state index is 12.8. The number of hydrogen-bond donors (Lipinski definition) is 1. The third-order valence-electron chi connectivity index (χ3n) is 4.85. The SMILES string of the molecule is CC/C(=N\NC(=O)C(OC)c1ccc(-n2cccn2)cc1)c1cc(OC)c(Br)c(OC)c1. The van der Waals surface area contributed by atoms with Gasteiger partial charge in [0, 0.05) is 25.1 Å². The minimum atomic E-state index is -0.808. The molecule has 0 radical (unpaired) electrons. The van der Waals surface area contributed by atoms with E-state index in [1.54, 1.807) is 25.1 Å². The predicted molar refractivity (Wildman–Crippen MR) is 126 cm³/mol. The average Bonchev–Trinajstić information content (AvgIpc) is 3.36. The molecule has 1 N–H and O–H groups in total. The van der Waals surface area contributed by atoms with Gasteiger partial charge in [-0.05, 0) is 58.2 Å². The van der Waals surface area contributed by atoms with Crippen LogP contribution in [0.15, 0.2) is 64.4 Å². The van der Waals surface area contributed by atoms with Crippen LogP contribution in [0, 0.1) is 0 Å². The van der Waals surface area contributed by atoms with E-state index in [0.29, 0.717) is 33.7 Å². The highest BCUT2D eigenvalue weighted by molar-refractivity contribution is 9.10. The molecule has 1 aromatic heterocycles. The Morgan fingerprint density at radius 3 is 2.31 bits per heavy atom. The van der Waals surface area contributed by atoms with E-state index < -0.39 is 6.10 Å². The van der Waals surface area contributed by atoms with Crippen LogP contribution in [0.3, 0.4) is 0 Å². The van der Waals surface area contributed by atoms with Gasteiger partial charge in [-0.1, -0.05) is 19.1 Å². The molecule has 3 aromatic rings. The van der Waals surface area contributed by atoms with Crippen molar-refractivity contribution in [3.8, 4) is 17.2 Å². The number of amides is 1. The normalized spacial score (nSPS) is 12.3. The molecule has 0 saturated carbocycles. The number of ether oxygens (including phenoxy) is 3. The van der Waals surface area contributed by atoms with Gasteiger partial charge in [0.05, 0.1) is 25.6 Å². The summed E-state index contributed by atoms with van der Waals surface area (Å²) in [4.78, 5) is 12.8. The molecule has 8 nitrogen and oxygen atoms in total. The minimum Gasteiger partial charge on any atom is -0.495 e. The molecule has 0 aliphatic rings. The smallest absolute Gasteiger partial charge is 0.273 e. The van der Waals surface area contributed by atoms with Crippen LogP contribution in [-0.2, 0) is 9.53 Å². The zero-order chi connectivity index (χ0) is 23.1. The van der Waals surface area contributed by atoms with E-state index >= 15 is 0 Å². The van der Waals surface area contributed by atoms with Crippen LogP contribution in [0.4, 0.5) is 0 Å². The van der Waals surface area contributed by atoms with Gasteiger partial charge in [0.1, 0.15) is 16.0 Å². The van der Waals surface area contributed by atoms with Crippen molar-refractivity contribution in [2.75, 3.05) is 21.3 Å². The summed E-state index contributed by atoms with van der Waals surface area (Å²) in [5.74, 6) is 0.846. The van der Waals surface area contributed by atoms with Crippen LogP contribution in [0.2, 0.25) is 0 Å². The first kappa shape index (κ1) is 23.5. The molecule has 0 spiro atoms. The second kappa shape index (κ2) is 10.9. The van der Waals surface area contributed by atoms with E-state index in [-0.39, 0.29) is 5.91 Å². The van der Waals surface area contributed by atoms with Gasteiger partial charge >= 0.3 is 0 Å². The number of hydrogen-bond acceptors (Lipinski definition) is 6. The van der Waals surface area contributed by atoms with Crippen LogP contribution < -0.4 is 14.9 Å². The highest BCUT2D eigenvalue weighted by atomic mass is 79.9. The van der Waals surface area contributed by atoms with Crippen LogP contribution in [0.25, 0.3) is 5.69 Å². The van der Waals surface area contributed by atoms with Gasteiger partial charge in [-0.3, -0.25) is 4.79 Å². The van der Waals surface area contributed by atoms with Gasteiger partial charge in [-0.25, -0.2) is 10.1 Å². The molecule has 32 heavy (non-hydrogen) atoms. The van der Waals surface area contributed by atoms with Crippen LogP contribution in [0.1, 0.15) is 30.6 Å². The number of nitrogens with one attached hydrogen (secondary N) is 1. The summed E-state index contributed by atoms with van der Waals surface area (Å²) in [7, 11) is 4.64. The molecule has 1 amide bonds. The monoisotopic (exact) mass is 500 g/mol. The molecule has 3 rings (SSSR count). The molecule has 2 aromatic carbocycles. The summed E-state index contributed by atoms with van der Waals surface area (Å²) in [6, 6.07) is 12.9. The van der Waals surface area contributed by atoms with Crippen molar-refractivity contribution in [2.45, 2.75) is 19.4 Å². The van der Waals surface area contributed by atoms with Gasteiger partial charge < -0.3 is 14.2 Å². The summed E-state index contributed by atoms with van der Waals surface area (Å²) < 4.78 is 18.7. The molecule has 1 atom stereocenters. The second-order valence-electron chi connectivity index (χ2n) is 6.74. The summed E-state index contributed by atoms with van der Waals surface area (Å²) in [5, 5.41) is 8.54. The Labute approximate surface area is 195 Å². The fraction of sp³-hybridized carbons (Fsp3) is 0.261. The molecule has 0 aliphatic carbocycles. The van der Waals surface area contributed by atoms with Crippen LogP contribution in [-0.4, -0.2) is 42.7 Å². The summed E-state index contributed by atoms with van der Waals surface area (Å²) in [5.41, 5.74) is 5.68. The van der Waals surface area contributed by atoms with Gasteiger partial charge in [0.15, 0.2) is 6.10 Å². The van der Waals surface area contributed by atoms with Crippen LogP contribution >= 0.6 is 15.9 Å². The molecular weight excluding hydrogens is 476 g/mol. The quantitative estimate of drug-likeness (QED) is 0.350. The zero-order valence-corrected chi connectivity index (χ0v) is 19.9. The highest BCUT2D eigenvalue weighted by Gasteiger charge is 2.20. The average molecular weight is 501 g/mol. The Morgan fingerprint density at radius 2 is 1.81 bits per heavy atom. The molecule has 1 unspecified atom stereocenters. The van der Waals surface area contributed by atoms with Crippen molar-refractivity contribution in [3.05, 3.63) is 70.5 Å². The third kappa shape index (κ3) is 5.17. The summed E-state index contributed by atoms with van der Waals surface area (Å²) in [6.45, 7) is 1.95. The van der Waals surface area contributed by atoms with Crippen molar-refractivity contribution in [2.24, 2.45) is 5.10 Å². The molecular formula is C23H25BrN4O4. The Kier molecular flexibility index (Phi) is 8.02. The number of carbonyl (C=O) groups is 1. The molecule has 168 valence electrons. The largest absolute Gasteiger partial charge is 0.495 e. The standard InChI is InChI=1S/C23H25BrN4O4/c1-5-18(16-13-19(30-2)21(24)20(14-16)31-3)26-27-23(29)22(32-4)15-7-9-17(10-8-15)28-12-6-11-25-28/h6-14,22H,5H2,1-4H3,(H,27,29)/b26-18+. The van der Waals surface area contributed by atoms with E-state index in [2.05, 4.69) is 31.6 Å². The van der Waals surface area contributed by atoms with Gasteiger partial charge in [-0.2, -0.15) is 10.2 Å². The topological polar surface area (TPSA) is 87.0 Å². The van der Waals surface area contributed by atoms with E-state index in [4.69, 9.17) is 14.2 Å². The molecule has 9 heteroatoms. The van der Waals surface area contributed by atoms with Crippen molar-refractivity contribution >= 4 is 27.5 Å². The van der Waals surface area contributed by atoms with Crippen molar-refractivity contribution in [3.63, 3.8) is 0 Å². The maximum Gasteiger partial charge on any atom is 0.273 e. The molecule has 1 heterocycles. The lowest BCUT2D eigenvalue weighted by Gasteiger charge is -2.16. The first-order chi connectivity index (χ1) is 15.5. The van der Waals surface area contributed by atoms with Crippen molar-refractivity contribution in [1.29, 1.82) is 0 Å². The number of aromatic nitrogens is 2. The van der Waals surface area contributed by atoms with Crippen LogP contribution in [0.5, 0.6) is 11.5 Å². The first-order valence-corrected chi connectivity index (χ1v) is 10.7. The number of carbonyl (C=O) groups excluding carboxylic acids is 1. The lowest BCUT2D eigenvalue weighted by Crippen LogP contribution is -2.27. The van der Waals surface area contributed by atoms with Crippen molar-refractivity contribution in [1.82, 2.24) is 15.2 Å². The number of hydrazone groups is 1. The number of benzene rings is 2. The fourth-order valence-electron chi connectivity index (χ4n) is 3.18. The van der Waals surface area contributed by atoms with E-state index in [0.717, 1.165) is 11.3 Å². The van der Waals surface area contributed by atoms with Gasteiger partial charge in [0.25, 0.3) is 5.91 Å². The molecule has 0 bridgehead atoms.